The van der Waals surface area contributed by atoms with E-state index in [-0.39, 0.29) is 0 Å². The second-order valence-electron chi connectivity index (χ2n) is 7.39. The van der Waals surface area contributed by atoms with Crippen molar-refractivity contribution in [1.82, 2.24) is 29.6 Å². The fraction of sp³-hybridized carbons (Fsp3) is 0.350. The molecule has 4 aromatic rings. The number of fused-ring (bicyclic) bond motifs is 2. The van der Waals surface area contributed by atoms with E-state index in [4.69, 9.17) is 15.6 Å². The molecule has 8 heteroatoms. The van der Waals surface area contributed by atoms with E-state index in [1.165, 1.54) is 6.33 Å². The number of para-hydroxylation sites is 1. The smallest absolute Gasteiger partial charge is 0.164 e. The van der Waals surface area contributed by atoms with E-state index in [2.05, 4.69) is 33.0 Å². The number of methoxy groups -OCH3 is 1. The summed E-state index contributed by atoms with van der Waals surface area (Å²) in [4.78, 5) is 14.5. The fourth-order valence-corrected chi connectivity index (χ4v) is 4.10. The number of piperidine rings is 1. The average Bonchev–Trinajstić information content (AvgIpc) is 3.30. The Morgan fingerprint density at radius 2 is 2.04 bits per heavy atom. The monoisotopic (exact) mass is 377 g/mol. The van der Waals surface area contributed by atoms with Gasteiger partial charge in [0.15, 0.2) is 5.65 Å². The van der Waals surface area contributed by atoms with Crippen molar-refractivity contribution < 1.29 is 4.74 Å². The molecule has 0 atom stereocenters. The molecule has 0 radical (unpaired) electrons. The van der Waals surface area contributed by atoms with Gasteiger partial charge in [-0.2, -0.15) is 5.10 Å². The molecule has 0 aliphatic carbocycles. The van der Waals surface area contributed by atoms with Gasteiger partial charge in [-0.15, -0.1) is 0 Å². The summed E-state index contributed by atoms with van der Waals surface area (Å²) in [5.41, 5.74) is 9.66. The summed E-state index contributed by atoms with van der Waals surface area (Å²) in [7, 11) is 3.83. The van der Waals surface area contributed by atoms with Crippen molar-refractivity contribution in [2.24, 2.45) is 0 Å². The Labute approximate surface area is 162 Å². The second kappa shape index (κ2) is 6.49. The first kappa shape index (κ1) is 17.0. The number of ether oxygens (including phenoxy) is 1. The molecule has 28 heavy (non-hydrogen) atoms. The number of anilines is 1. The predicted octanol–water partition coefficient (Wildman–Crippen LogP) is 2.83. The zero-order valence-electron chi connectivity index (χ0n) is 16.0. The Balaban J connectivity index is 1.70. The summed E-state index contributed by atoms with van der Waals surface area (Å²) in [5.74, 6) is 1.25. The van der Waals surface area contributed by atoms with Gasteiger partial charge in [-0.05, 0) is 45.1 Å². The van der Waals surface area contributed by atoms with Crippen LogP contribution >= 0.6 is 0 Å². The molecular formula is C20H23N7O. The molecule has 4 heterocycles. The molecule has 1 aromatic carbocycles. The van der Waals surface area contributed by atoms with E-state index in [1.807, 2.05) is 22.9 Å². The molecule has 8 nitrogen and oxygen atoms in total. The summed E-state index contributed by atoms with van der Waals surface area (Å²) in [6.07, 6.45) is 3.59. The number of aromatic amines is 1. The quantitative estimate of drug-likeness (QED) is 0.570. The van der Waals surface area contributed by atoms with Gasteiger partial charge in [0.2, 0.25) is 0 Å². The van der Waals surface area contributed by atoms with Crippen LogP contribution in [0.5, 0.6) is 5.75 Å². The largest absolute Gasteiger partial charge is 0.495 e. The normalized spacial score (nSPS) is 16.2. The Kier molecular flexibility index (Phi) is 3.94. The molecule has 3 N–H and O–H groups in total. The first-order valence-corrected chi connectivity index (χ1v) is 9.49. The number of nitrogen functional groups attached to an aromatic ring is 1. The minimum Gasteiger partial charge on any atom is -0.495 e. The van der Waals surface area contributed by atoms with Gasteiger partial charge in [-0.3, -0.25) is 0 Å². The van der Waals surface area contributed by atoms with Gasteiger partial charge in [0.25, 0.3) is 0 Å². The molecule has 0 saturated carbocycles. The third-order valence-electron chi connectivity index (χ3n) is 5.65. The third-order valence-corrected chi connectivity index (χ3v) is 5.65. The van der Waals surface area contributed by atoms with Gasteiger partial charge in [0.05, 0.1) is 29.7 Å². The van der Waals surface area contributed by atoms with Gasteiger partial charge in [0, 0.05) is 5.39 Å². The number of aromatic nitrogens is 5. The molecule has 3 aromatic heterocycles. The topological polar surface area (TPSA) is 97.9 Å². The van der Waals surface area contributed by atoms with E-state index in [0.717, 1.165) is 65.0 Å². The molecule has 1 aliphatic heterocycles. The van der Waals surface area contributed by atoms with E-state index < -0.39 is 0 Å². The lowest BCUT2D eigenvalue weighted by Crippen LogP contribution is -2.31. The van der Waals surface area contributed by atoms with Crippen molar-refractivity contribution in [3.63, 3.8) is 0 Å². The Bertz CT molecular complexity index is 1150. The zero-order chi connectivity index (χ0) is 19.3. The van der Waals surface area contributed by atoms with Gasteiger partial charge < -0.3 is 20.4 Å². The molecule has 0 unspecified atom stereocenters. The lowest BCUT2D eigenvalue weighted by Gasteiger charge is -2.29. The molecule has 0 bridgehead atoms. The highest BCUT2D eigenvalue weighted by molar-refractivity contribution is 6.00. The Morgan fingerprint density at radius 3 is 2.82 bits per heavy atom. The van der Waals surface area contributed by atoms with Crippen molar-refractivity contribution >= 4 is 27.8 Å². The highest BCUT2D eigenvalue weighted by Gasteiger charge is 2.25. The molecule has 0 spiro atoms. The van der Waals surface area contributed by atoms with E-state index >= 15 is 0 Å². The van der Waals surface area contributed by atoms with Crippen LogP contribution < -0.4 is 10.5 Å². The number of nitrogens with one attached hydrogen (secondary N) is 1. The first-order valence-electron chi connectivity index (χ1n) is 9.49. The molecular weight excluding hydrogens is 354 g/mol. The van der Waals surface area contributed by atoms with E-state index in [1.54, 1.807) is 7.11 Å². The molecule has 5 rings (SSSR count). The zero-order valence-corrected chi connectivity index (χ0v) is 16.0. The lowest BCUT2D eigenvalue weighted by atomic mass is 10.1. The van der Waals surface area contributed by atoms with E-state index in [9.17, 15) is 0 Å². The second-order valence-corrected chi connectivity index (χ2v) is 7.39. The van der Waals surface area contributed by atoms with Crippen molar-refractivity contribution in [1.29, 1.82) is 0 Å². The summed E-state index contributed by atoms with van der Waals surface area (Å²) >= 11 is 0. The minimum absolute atomic E-state index is 0.306. The highest BCUT2D eigenvalue weighted by Crippen LogP contribution is 2.36. The van der Waals surface area contributed by atoms with Crippen LogP contribution in [-0.4, -0.2) is 56.9 Å². The van der Waals surface area contributed by atoms with Crippen LogP contribution in [0.3, 0.4) is 0 Å². The Morgan fingerprint density at radius 1 is 1.21 bits per heavy atom. The number of hydrogen-bond donors (Lipinski definition) is 2. The molecule has 0 amide bonds. The maximum absolute atomic E-state index is 6.26. The first-order chi connectivity index (χ1) is 13.7. The molecule has 1 fully saturated rings. The third kappa shape index (κ3) is 2.60. The van der Waals surface area contributed by atoms with Crippen molar-refractivity contribution in [3.05, 3.63) is 30.6 Å². The van der Waals surface area contributed by atoms with Crippen LogP contribution in [0, 0.1) is 0 Å². The number of likely N-dealkylation sites (tertiary alicyclic amines) is 1. The van der Waals surface area contributed by atoms with Gasteiger partial charge in [-0.1, -0.05) is 12.1 Å². The van der Waals surface area contributed by atoms with Crippen molar-refractivity contribution in [3.8, 4) is 17.1 Å². The highest BCUT2D eigenvalue weighted by atomic mass is 16.5. The number of H-pyrrole nitrogens is 1. The number of rotatable bonds is 3. The summed E-state index contributed by atoms with van der Waals surface area (Å²) in [6, 6.07) is 8.35. The van der Waals surface area contributed by atoms with Gasteiger partial charge in [0.1, 0.15) is 23.6 Å². The molecule has 1 aliphatic rings. The summed E-state index contributed by atoms with van der Waals surface area (Å²) < 4.78 is 7.53. The van der Waals surface area contributed by atoms with Crippen LogP contribution in [0.25, 0.3) is 33.3 Å². The Hall–Kier alpha value is -3.13. The number of hydrogen-bond acceptors (Lipinski definition) is 6. The standard InChI is InChI=1S/C20H23N7O/c1-26-8-6-13(7-9-26)27-20-16(19(21)22-11-23-20)18(25-27)14-10-12-4-3-5-15(28-2)17(12)24-14/h3-5,10-11,13,24H,6-9H2,1-2H3,(H2,21,22,23). The minimum atomic E-state index is 0.306. The number of nitrogens with two attached hydrogens (primary N) is 1. The van der Waals surface area contributed by atoms with Gasteiger partial charge >= 0.3 is 0 Å². The molecule has 144 valence electrons. The maximum atomic E-state index is 6.26. The summed E-state index contributed by atoms with van der Waals surface area (Å²) in [5, 5.41) is 6.82. The fourth-order valence-electron chi connectivity index (χ4n) is 4.10. The van der Waals surface area contributed by atoms with Gasteiger partial charge in [-0.25, -0.2) is 14.6 Å². The van der Waals surface area contributed by atoms with Crippen molar-refractivity contribution in [2.45, 2.75) is 18.9 Å². The maximum Gasteiger partial charge on any atom is 0.164 e. The predicted molar refractivity (Wildman–Crippen MR) is 109 cm³/mol. The SMILES string of the molecule is COc1cccc2cc(-c3nn(C4CCN(C)CC4)c4ncnc(N)c34)[nH]c12. The van der Waals surface area contributed by atoms with E-state index in [0.29, 0.717) is 11.9 Å². The van der Waals surface area contributed by atoms with Crippen LogP contribution in [-0.2, 0) is 0 Å². The molecule has 1 saturated heterocycles. The van der Waals surface area contributed by atoms with Crippen LogP contribution in [0.2, 0.25) is 0 Å². The lowest BCUT2D eigenvalue weighted by molar-refractivity contribution is 0.215. The van der Waals surface area contributed by atoms with Crippen LogP contribution in [0.15, 0.2) is 30.6 Å². The number of benzene rings is 1. The summed E-state index contributed by atoms with van der Waals surface area (Å²) in [6.45, 7) is 2.09. The van der Waals surface area contributed by atoms with Crippen LogP contribution in [0.1, 0.15) is 18.9 Å². The average molecular weight is 377 g/mol. The van der Waals surface area contributed by atoms with Crippen LogP contribution in [0.4, 0.5) is 5.82 Å². The van der Waals surface area contributed by atoms with Crippen molar-refractivity contribution in [2.75, 3.05) is 33.0 Å². The number of nitrogens with zero attached hydrogens (tertiary/aromatic N) is 5.